The normalized spacial score (nSPS) is 20.6. The van der Waals surface area contributed by atoms with E-state index in [0.717, 1.165) is 25.6 Å². The Kier molecular flexibility index (Phi) is 4.96. The molecule has 0 bridgehead atoms. The average Bonchev–Trinajstić information content (AvgIpc) is 3.15. The molecule has 0 spiro atoms. The van der Waals surface area contributed by atoms with Crippen LogP contribution in [0.1, 0.15) is 24.6 Å². The molecule has 1 aliphatic heterocycles. The molecule has 1 saturated heterocycles. The minimum absolute atomic E-state index is 0.152. The van der Waals surface area contributed by atoms with E-state index in [1.807, 2.05) is 19.3 Å². The van der Waals surface area contributed by atoms with Crippen molar-refractivity contribution in [1.82, 2.24) is 4.57 Å². The minimum atomic E-state index is -3.38. The highest BCUT2D eigenvalue weighted by atomic mass is 32.2. The van der Waals surface area contributed by atoms with Gasteiger partial charge in [-0.2, -0.15) is 0 Å². The van der Waals surface area contributed by atoms with Gasteiger partial charge in [0.25, 0.3) is 5.91 Å². The quantitative estimate of drug-likeness (QED) is 0.826. The molecule has 0 aliphatic carbocycles. The number of quaternary nitrogens is 1. The molecule has 2 atom stereocenters. The van der Waals surface area contributed by atoms with Crippen LogP contribution in [0.2, 0.25) is 0 Å². The zero-order valence-corrected chi connectivity index (χ0v) is 15.3. The zero-order valence-electron chi connectivity index (χ0n) is 14.5. The summed E-state index contributed by atoms with van der Waals surface area (Å²) in [6.45, 7) is 1.27. The fourth-order valence-corrected chi connectivity index (χ4v) is 4.45. The Morgan fingerprint density at radius 2 is 2.04 bits per heavy atom. The van der Waals surface area contributed by atoms with Crippen molar-refractivity contribution in [3.05, 3.63) is 48.3 Å². The van der Waals surface area contributed by atoms with Crippen molar-refractivity contribution in [3.8, 4) is 0 Å². The van der Waals surface area contributed by atoms with E-state index >= 15 is 0 Å². The van der Waals surface area contributed by atoms with Crippen molar-refractivity contribution >= 4 is 21.4 Å². The summed E-state index contributed by atoms with van der Waals surface area (Å²) in [5.74, 6) is -0.160. The highest BCUT2D eigenvalue weighted by molar-refractivity contribution is 7.90. The molecule has 3 rings (SSSR count). The van der Waals surface area contributed by atoms with Gasteiger partial charge in [-0.3, -0.25) is 4.79 Å². The van der Waals surface area contributed by atoms with E-state index in [1.54, 1.807) is 18.2 Å². The molecule has 2 heterocycles. The van der Waals surface area contributed by atoms with Crippen LogP contribution >= 0.6 is 0 Å². The second kappa shape index (κ2) is 7.01. The second-order valence-electron chi connectivity index (χ2n) is 6.64. The molecular formula is C18H24N3O3S+. The highest BCUT2D eigenvalue weighted by Gasteiger charge is 2.33. The summed E-state index contributed by atoms with van der Waals surface area (Å²) in [5.41, 5.74) is 1.58. The maximum absolute atomic E-state index is 12.5. The Morgan fingerprint density at radius 3 is 2.72 bits per heavy atom. The molecular weight excluding hydrogens is 338 g/mol. The fraction of sp³-hybridized carbons (Fsp3) is 0.389. The molecule has 2 N–H and O–H groups in total. The molecule has 1 fully saturated rings. The smallest absolute Gasteiger partial charge is 0.279 e. The number of hydrogen-bond acceptors (Lipinski definition) is 3. The van der Waals surface area contributed by atoms with Crippen LogP contribution in [0, 0.1) is 0 Å². The number of amides is 1. The number of benzene rings is 1. The van der Waals surface area contributed by atoms with Crippen molar-refractivity contribution in [3.63, 3.8) is 0 Å². The number of hydrogen-bond donors (Lipinski definition) is 2. The van der Waals surface area contributed by atoms with Crippen molar-refractivity contribution in [1.29, 1.82) is 0 Å². The van der Waals surface area contributed by atoms with E-state index in [0.29, 0.717) is 18.3 Å². The zero-order chi connectivity index (χ0) is 18.0. The molecule has 6 nitrogen and oxygen atoms in total. The third-order valence-electron chi connectivity index (χ3n) is 4.77. The van der Waals surface area contributed by atoms with Crippen LogP contribution in [0.4, 0.5) is 5.69 Å². The van der Waals surface area contributed by atoms with Crippen LogP contribution in [0.15, 0.2) is 47.5 Å². The number of rotatable bonds is 5. The minimum Gasteiger partial charge on any atom is -0.350 e. The molecule has 134 valence electrons. The van der Waals surface area contributed by atoms with Gasteiger partial charge in [-0.05, 0) is 24.3 Å². The van der Waals surface area contributed by atoms with E-state index in [4.69, 9.17) is 0 Å². The van der Waals surface area contributed by atoms with E-state index < -0.39 is 9.84 Å². The number of carbonyl (C=O) groups is 1. The number of nitrogens with zero attached hydrogens (tertiary/aromatic N) is 1. The Bertz CT molecular complexity index is 873. The van der Waals surface area contributed by atoms with Gasteiger partial charge in [-0.25, -0.2) is 8.42 Å². The lowest BCUT2D eigenvalue weighted by Crippen LogP contribution is -3.11. The third-order valence-corrected chi connectivity index (χ3v) is 5.93. The predicted molar refractivity (Wildman–Crippen MR) is 96.3 cm³/mol. The molecule has 0 saturated carbocycles. The van der Waals surface area contributed by atoms with E-state index in [9.17, 15) is 13.2 Å². The molecule has 2 aromatic rings. The number of para-hydroxylation sites is 1. The molecule has 1 aliphatic rings. The Labute approximate surface area is 148 Å². The summed E-state index contributed by atoms with van der Waals surface area (Å²) in [4.78, 5) is 13.9. The Balaban J connectivity index is 1.72. The van der Waals surface area contributed by atoms with Gasteiger partial charge in [-0.15, -0.1) is 0 Å². The lowest BCUT2D eigenvalue weighted by atomic mass is 10.1. The van der Waals surface area contributed by atoms with E-state index in [2.05, 4.69) is 16.0 Å². The monoisotopic (exact) mass is 362 g/mol. The molecule has 1 aromatic carbocycles. The SMILES string of the molecule is Cn1cccc1[C@@H]1CCC[NH+]1CC(=O)Nc1ccccc1S(C)(=O)=O. The summed E-state index contributed by atoms with van der Waals surface area (Å²) in [6, 6.07) is 10.9. The van der Waals surface area contributed by atoms with Gasteiger partial charge in [0.15, 0.2) is 16.4 Å². The first kappa shape index (κ1) is 17.7. The molecule has 1 aromatic heterocycles. The van der Waals surface area contributed by atoms with Crippen LogP contribution in [-0.2, 0) is 21.7 Å². The van der Waals surface area contributed by atoms with Crippen LogP contribution in [0.5, 0.6) is 0 Å². The fourth-order valence-electron chi connectivity index (χ4n) is 3.61. The van der Waals surface area contributed by atoms with Crippen molar-refractivity contribution < 1.29 is 18.1 Å². The molecule has 1 amide bonds. The number of likely N-dealkylation sites (tertiary alicyclic amines) is 1. The summed E-state index contributed by atoms with van der Waals surface area (Å²) < 4.78 is 25.8. The summed E-state index contributed by atoms with van der Waals surface area (Å²) in [5, 5.41) is 2.78. The van der Waals surface area contributed by atoms with Crippen LogP contribution in [-0.4, -0.2) is 38.2 Å². The first-order valence-electron chi connectivity index (χ1n) is 8.41. The van der Waals surface area contributed by atoms with E-state index in [1.165, 1.54) is 16.7 Å². The van der Waals surface area contributed by atoms with Gasteiger partial charge in [0, 0.05) is 32.3 Å². The van der Waals surface area contributed by atoms with Gasteiger partial charge >= 0.3 is 0 Å². The van der Waals surface area contributed by atoms with Crippen LogP contribution < -0.4 is 10.2 Å². The predicted octanol–water partition coefficient (Wildman–Crippen LogP) is 0.787. The largest absolute Gasteiger partial charge is 0.350 e. The summed E-state index contributed by atoms with van der Waals surface area (Å²) in [6.07, 6.45) is 5.31. The van der Waals surface area contributed by atoms with E-state index in [-0.39, 0.29) is 10.8 Å². The number of carbonyl (C=O) groups excluding carboxylic acids is 1. The topological polar surface area (TPSA) is 72.6 Å². The van der Waals surface area contributed by atoms with Crippen molar-refractivity contribution in [2.45, 2.75) is 23.8 Å². The van der Waals surface area contributed by atoms with Gasteiger partial charge in [0.05, 0.1) is 22.8 Å². The lowest BCUT2D eigenvalue weighted by molar-refractivity contribution is -0.910. The number of sulfone groups is 1. The maximum atomic E-state index is 12.5. The van der Waals surface area contributed by atoms with Crippen molar-refractivity contribution in [2.24, 2.45) is 7.05 Å². The Hall–Kier alpha value is -2.12. The molecule has 1 unspecified atom stereocenters. The number of aromatic nitrogens is 1. The summed E-state index contributed by atoms with van der Waals surface area (Å²) >= 11 is 0. The number of anilines is 1. The Morgan fingerprint density at radius 1 is 1.28 bits per heavy atom. The van der Waals surface area contributed by atoms with Gasteiger partial charge in [0.2, 0.25) is 0 Å². The first-order valence-corrected chi connectivity index (χ1v) is 10.3. The average molecular weight is 362 g/mol. The van der Waals surface area contributed by atoms with Gasteiger partial charge in [0.1, 0.15) is 6.04 Å². The summed E-state index contributed by atoms with van der Waals surface area (Å²) in [7, 11) is -1.36. The number of nitrogens with one attached hydrogen (secondary N) is 2. The maximum Gasteiger partial charge on any atom is 0.279 e. The number of aryl methyl sites for hydroxylation is 1. The second-order valence-corrected chi connectivity index (χ2v) is 8.62. The molecule has 25 heavy (non-hydrogen) atoms. The highest BCUT2D eigenvalue weighted by Crippen LogP contribution is 2.21. The standard InChI is InChI=1S/C18H23N3O3S/c1-20-11-5-8-15(20)16-9-6-12-21(16)13-18(22)19-14-7-3-4-10-17(14)25(2,23)24/h3-5,7-8,10-11,16H,6,9,12-13H2,1-2H3,(H,19,22)/p+1/t16-/m0/s1. The van der Waals surface area contributed by atoms with Gasteiger partial charge in [-0.1, -0.05) is 12.1 Å². The third kappa shape index (κ3) is 3.93. The lowest BCUT2D eigenvalue weighted by Gasteiger charge is -2.22. The molecule has 0 radical (unpaired) electrons. The molecule has 7 heteroatoms. The van der Waals surface area contributed by atoms with Gasteiger partial charge < -0.3 is 14.8 Å². The van der Waals surface area contributed by atoms with Crippen LogP contribution in [0.25, 0.3) is 0 Å². The van der Waals surface area contributed by atoms with Crippen LogP contribution in [0.3, 0.4) is 0 Å². The van der Waals surface area contributed by atoms with Crippen molar-refractivity contribution in [2.75, 3.05) is 24.7 Å². The first-order chi connectivity index (χ1) is 11.9.